The molecule has 0 aromatic heterocycles. The van der Waals surface area contributed by atoms with Crippen molar-refractivity contribution >= 4 is 38.9 Å². The molecule has 21 heavy (non-hydrogen) atoms. The van der Waals surface area contributed by atoms with Crippen LogP contribution in [-0.4, -0.2) is 17.1 Å². The molecular formula is C17H19BrN2S. The summed E-state index contributed by atoms with van der Waals surface area (Å²) >= 11 is 8.91. The highest BCUT2D eigenvalue weighted by molar-refractivity contribution is 9.10. The highest BCUT2D eigenvalue weighted by Crippen LogP contribution is 2.16. The highest BCUT2D eigenvalue weighted by Gasteiger charge is 2.06. The Balaban J connectivity index is 1.98. The molecule has 110 valence electrons. The molecule has 1 N–H and O–H groups in total. The quantitative estimate of drug-likeness (QED) is 0.782. The van der Waals surface area contributed by atoms with E-state index in [1.807, 2.05) is 24.1 Å². The number of benzene rings is 2. The summed E-state index contributed by atoms with van der Waals surface area (Å²) in [6, 6.07) is 14.6. The smallest absolute Gasteiger partial charge is 0.173 e. The van der Waals surface area contributed by atoms with Gasteiger partial charge in [-0.1, -0.05) is 34.1 Å². The molecule has 4 heteroatoms. The van der Waals surface area contributed by atoms with Crippen molar-refractivity contribution in [2.45, 2.75) is 20.4 Å². The fourth-order valence-corrected chi connectivity index (χ4v) is 2.42. The van der Waals surface area contributed by atoms with Gasteiger partial charge in [-0.2, -0.15) is 0 Å². The molecule has 2 aromatic carbocycles. The number of thiocarbonyl (C=S) groups is 1. The first-order chi connectivity index (χ1) is 9.95. The maximum atomic E-state index is 5.47. The molecule has 0 spiro atoms. The van der Waals surface area contributed by atoms with Crippen molar-refractivity contribution in [1.29, 1.82) is 0 Å². The Bertz CT molecular complexity index is 638. The van der Waals surface area contributed by atoms with E-state index in [4.69, 9.17) is 12.2 Å². The normalized spacial score (nSPS) is 10.3. The van der Waals surface area contributed by atoms with Gasteiger partial charge in [0.1, 0.15) is 0 Å². The van der Waals surface area contributed by atoms with E-state index in [1.54, 1.807) is 0 Å². The number of nitrogens with one attached hydrogen (secondary N) is 1. The van der Waals surface area contributed by atoms with E-state index >= 15 is 0 Å². The zero-order valence-corrected chi connectivity index (χ0v) is 14.9. The van der Waals surface area contributed by atoms with E-state index in [0.717, 1.165) is 21.8 Å². The van der Waals surface area contributed by atoms with Gasteiger partial charge in [0.2, 0.25) is 0 Å². The molecule has 0 bridgehead atoms. The molecule has 0 saturated carbocycles. The van der Waals surface area contributed by atoms with E-state index in [1.165, 1.54) is 16.7 Å². The maximum absolute atomic E-state index is 5.47. The topological polar surface area (TPSA) is 15.3 Å². The minimum absolute atomic E-state index is 0.723. The summed E-state index contributed by atoms with van der Waals surface area (Å²) in [6.07, 6.45) is 0. The second kappa shape index (κ2) is 7.05. The number of halogens is 1. The average molecular weight is 363 g/mol. The standard InChI is InChI=1S/C17H19BrN2S/c1-12-4-9-16(10-13(12)2)19-17(21)20(3)11-14-5-7-15(18)8-6-14/h4-10H,11H2,1-3H3,(H,19,21). The number of rotatable bonds is 3. The zero-order chi connectivity index (χ0) is 15.4. The molecule has 0 amide bonds. The fourth-order valence-electron chi connectivity index (χ4n) is 1.97. The Morgan fingerprint density at radius 1 is 1.10 bits per heavy atom. The molecule has 0 atom stereocenters. The largest absolute Gasteiger partial charge is 0.348 e. The molecule has 0 aliphatic carbocycles. The predicted molar refractivity (Wildman–Crippen MR) is 97.7 cm³/mol. The molecule has 2 rings (SSSR count). The third-order valence-corrected chi connectivity index (χ3v) is 4.38. The van der Waals surface area contributed by atoms with Crippen LogP contribution in [0.2, 0.25) is 0 Å². The first kappa shape index (κ1) is 16.0. The molecule has 2 aromatic rings. The molecule has 0 fully saturated rings. The van der Waals surface area contributed by atoms with Crippen LogP contribution in [0.15, 0.2) is 46.9 Å². The van der Waals surface area contributed by atoms with Gasteiger partial charge in [0, 0.05) is 23.8 Å². The van der Waals surface area contributed by atoms with Crippen LogP contribution in [0.4, 0.5) is 5.69 Å². The number of hydrogen-bond acceptors (Lipinski definition) is 1. The van der Waals surface area contributed by atoms with Crippen LogP contribution in [0.3, 0.4) is 0 Å². The van der Waals surface area contributed by atoms with Gasteiger partial charge in [-0.25, -0.2) is 0 Å². The van der Waals surface area contributed by atoms with Gasteiger partial charge in [-0.3, -0.25) is 0 Å². The summed E-state index contributed by atoms with van der Waals surface area (Å²) in [7, 11) is 2.00. The zero-order valence-electron chi connectivity index (χ0n) is 12.5. The summed E-state index contributed by atoms with van der Waals surface area (Å²) in [4.78, 5) is 2.04. The van der Waals surface area contributed by atoms with Crippen LogP contribution in [0.25, 0.3) is 0 Å². The van der Waals surface area contributed by atoms with E-state index in [-0.39, 0.29) is 0 Å². The summed E-state index contributed by atoms with van der Waals surface area (Å²) in [5.74, 6) is 0. The Kier molecular flexibility index (Phi) is 5.37. The van der Waals surface area contributed by atoms with Gasteiger partial charge in [0.05, 0.1) is 0 Å². The van der Waals surface area contributed by atoms with Gasteiger partial charge in [-0.15, -0.1) is 0 Å². The molecular weight excluding hydrogens is 344 g/mol. The lowest BCUT2D eigenvalue weighted by atomic mass is 10.1. The van der Waals surface area contributed by atoms with Crippen molar-refractivity contribution in [1.82, 2.24) is 4.90 Å². The van der Waals surface area contributed by atoms with Gasteiger partial charge in [0.15, 0.2) is 5.11 Å². The van der Waals surface area contributed by atoms with Crippen LogP contribution in [-0.2, 0) is 6.54 Å². The Morgan fingerprint density at radius 3 is 2.38 bits per heavy atom. The van der Waals surface area contributed by atoms with Gasteiger partial charge in [-0.05, 0) is 67.0 Å². The fraction of sp³-hybridized carbons (Fsp3) is 0.235. The van der Waals surface area contributed by atoms with E-state index in [2.05, 4.69) is 65.4 Å². The van der Waals surface area contributed by atoms with Crippen LogP contribution >= 0.6 is 28.1 Å². The number of aryl methyl sites for hydroxylation is 2. The van der Waals surface area contributed by atoms with Gasteiger partial charge < -0.3 is 10.2 Å². The van der Waals surface area contributed by atoms with Gasteiger partial charge in [0.25, 0.3) is 0 Å². The lowest BCUT2D eigenvalue weighted by Gasteiger charge is -2.21. The first-order valence-corrected chi connectivity index (χ1v) is 7.99. The van der Waals surface area contributed by atoms with E-state index < -0.39 is 0 Å². The maximum Gasteiger partial charge on any atom is 0.173 e. The molecule has 0 aliphatic heterocycles. The second-order valence-corrected chi connectivity index (χ2v) is 6.51. The Labute approximate surface area is 140 Å². The van der Waals surface area contributed by atoms with E-state index in [0.29, 0.717) is 0 Å². The van der Waals surface area contributed by atoms with Crippen molar-refractivity contribution < 1.29 is 0 Å². The second-order valence-electron chi connectivity index (χ2n) is 5.21. The molecule has 0 unspecified atom stereocenters. The summed E-state index contributed by atoms with van der Waals surface area (Å²) < 4.78 is 1.09. The Hall–Kier alpha value is -1.39. The van der Waals surface area contributed by atoms with Crippen LogP contribution in [0.1, 0.15) is 16.7 Å². The predicted octanol–water partition coefficient (Wildman–Crippen LogP) is 4.89. The van der Waals surface area contributed by atoms with Crippen LogP contribution in [0, 0.1) is 13.8 Å². The van der Waals surface area contributed by atoms with Crippen molar-refractivity contribution in [3.63, 3.8) is 0 Å². The molecule has 0 radical (unpaired) electrons. The van der Waals surface area contributed by atoms with Crippen molar-refractivity contribution in [2.24, 2.45) is 0 Å². The molecule has 0 heterocycles. The number of hydrogen-bond donors (Lipinski definition) is 1. The first-order valence-electron chi connectivity index (χ1n) is 6.79. The summed E-state index contributed by atoms with van der Waals surface area (Å²) in [5.41, 5.74) is 4.81. The Morgan fingerprint density at radius 2 is 1.76 bits per heavy atom. The third kappa shape index (κ3) is 4.55. The summed E-state index contributed by atoms with van der Waals surface area (Å²) in [6.45, 7) is 5.00. The lowest BCUT2D eigenvalue weighted by Crippen LogP contribution is -2.30. The average Bonchev–Trinajstić information content (AvgIpc) is 2.45. The SMILES string of the molecule is Cc1ccc(NC(=S)N(C)Cc2ccc(Br)cc2)cc1C. The van der Waals surface area contributed by atoms with E-state index in [9.17, 15) is 0 Å². The molecule has 0 saturated heterocycles. The molecule has 2 nitrogen and oxygen atoms in total. The number of anilines is 1. The molecule has 0 aliphatic rings. The van der Waals surface area contributed by atoms with Crippen molar-refractivity contribution in [3.05, 3.63) is 63.6 Å². The van der Waals surface area contributed by atoms with Crippen molar-refractivity contribution in [3.8, 4) is 0 Å². The number of nitrogens with zero attached hydrogens (tertiary/aromatic N) is 1. The lowest BCUT2D eigenvalue weighted by molar-refractivity contribution is 0.508. The monoisotopic (exact) mass is 362 g/mol. The minimum atomic E-state index is 0.723. The highest BCUT2D eigenvalue weighted by atomic mass is 79.9. The van der Waals surface area contributed by atoms with Gasteiger partial charge >= 0.3 is 0 Å². The van der Waals surface area contributed by atoms with Crippen LogP contribution in [0.5, 0.6) is 0 Å². The van der Waals surface area contributed by atoms with Crippen molar-refractivity contribution in [2.75, 3.05) is 12.4 Å². The summed E-state index contributed by atoms with van der Waals surface area (Å²) in [5, 5.41) is 4.01. The van der Waals surface area contributed by atoms with Crippen LogP contribution < -0.4 is 5.32 Å². The third-order valence-electron chi connectivity index (χ3n) is 3.44. The minimum Gasteiger partial charge on any atom is -0.348 e.